The van der Waals surface area contributed by atoms with E-state index >= 15 is 0 Å². The van der Waals surface area contributed by atoms with Crippen molar-refractivity contribution in [2.24, 2.45) is 11.7 Å². The van der Waals surface area contributed by atoms with Crippen LogP contribution in [0.3, 0.4) is 0 Å². The highest BCUT2D eigenvalue weighted by molar-refractivity contribution is 5.92. The number of halogens is 1. The summed E-state index contributed by atoms with van der Waals surface area (Å²) >= 11 is 0. The number of hydrogen-bond donors (Lipinski definition) is 2. The molecule has 92 valence electrons. The average Bonchev–Trinajstić information content (AvgIpc) is 2.24. The maximum atomic E-state index is 13.6. The molecular weight excluding hydrogens is 219 g/mol. The molecule has 0 aliphatic heterocycles. The predicted molar refractivity (Wildman–Crippen MR) is 63.9 cm³/mol. The molecule has 1 aromatic carbocycles. The Morgan fingerprint density at radius 2 is 2.24 bits per heavy atom. The Hall–Kier alpha value is -1.42. The minimum atomic E-state index is -0.601. The first-order valence-electron chi connectivity index (χ1n) is 5.88. The number of hydrogen-bond acceptors (Lipinski definition) is 2. The summed E-state index contributed by atoms with van der Waals surface area (Å²) in [7, 11) is 0. The van der Waals surface area contributed by atoms with Crippen molar-refractivity contribution in [1.82, 2.24) is 5.32 Å². The highest BCUT2D eigenvalue weighted by atomic mass is 19.1. The number of nitrogens with one attached hydrogen (secondary N) is 1. The molecule has 1 aliphatic carbocycles. The molecule has 0 saturated heterocycles. The topological polar surface area (TPSA) is 55.1 Å². The van der Waals surface area contributed by atoms with Crippen LogP contribution >= 0.6 is 0 Å². The number of carbonyl (C=O) groups is 1. The molecule has 0 heterocycles. The lowest BCUT2D eigenvalue weighted by Gasteiger charge is -2.33. The van der Waals surface area contributed by atoms with E-state index in [0.717, 1.165) is 18.8 Å². The van der Waals surface area contributed by atoms with Gasteiger partial charge in [0.05, 0.1) is 0 Å². The zero-order valence-electron chi connectivity index (χ0n) is 9.87. The van der Waals surface area contributed by atoms with Crippen LogP contribution in [0.1, 0.15) is 35.7 Å². The molecule has 2 rings (SSSR count). The fourth-order valence-corrected chi connectivity index (χ4v) is 2.17. The number of nitrogens with two attached hydrogens (primary N) is 1. The Balaban J connectivity index is 1.94. The van der Waals surface area contributed by atoms with Gasteiger partial charge in [0, 0.05) is 23.7 Å². The highest BCUT2D eigenvalue weighted by Gasteiger charge is 2.24. The minimum absolute atomic E-state index is 0.212. The number of amides is 1. The van der Waals surface area contributed by atoms with Crippen molar-refractivity contribution in [3.05, 3.63) is 35.1 Å². The molecule has 0 spiro atoms. The lowest BCUT2D eigenvalue weighted by molar-refractivity contribution is 0.1000. The quantitative estimate of drug-likeness (QED) is 0.837. The van der Waals surface area contributed by atoms with Crippen molar-refractivity contribution in [3.8, 4) is 0 Å². The summed E-state index contributed by atoms with van der Waals surface area (Å²) in [6.45, 7) is 2.71. The standard InChI is InChI=1S/C13H17FN2O/c1-8-4-11(5-8)16-7-10-3-2-9(13(15)17)6-12(10)14/h2-3,6,8,11,16H,4-5,7H2,1H3,(H2,15,17). The van der Waals surface area contributed by atoms with Crippen LogP contribution in [0.5, 0.6) is 0 Å². The second-order valence-corrected chi connectivity index (χ2v) is 4.82. The zero-order valence-corrected chi connectivity index (χ0v) is 9.87. The molecule has 3 N–H and O–H groups in total. The van der Waals surface area contributed by atoms with Crippen LogP contribution in [-0.2, 0) is 6.54 Å². The lowest BCUT2D eigenvalue weighted by Crippen LogP contribution is -2.39. The van der Waals surface area contributed by atoms with Crippen molar-refractivity contribution in [1.29, 1.82) is 0 Å². The van der Waals surface area contributed by atoms with Gasteiger partial charge in [0.25, 0.3) is 0 Å². The monoisotopic (exact) mass is 236 g/mol. The molecular formula is C13H17FN2O. The van der Waals surface area contributed by atoms with E-state index < -0.39 is 5.91 Å². The number of primary amides is 1. The molecule has 0 atom stereocenters. The van der Waals surface area contributed by atoms with Crippen molar-refractivity contribution in [3.63, 3.8) is 0 Å². The van der Waals surface area contributed by atoms with E-state index in [1.807, 2.05) is 0 Å². The summed E-state index contributed by atoms with van der Waals surface area (Å²) in [5, 5.41) is 3.30. The summed E-state index contributed by atoms with van der Waals surface area (Å²) in [6, 6.07) is 4.87. The number of carbonyl (C=O) groups excluding carboxylic acids is 1. The molecule has 0 unspecified atom stereocenters. The van der Waals surface area contributed by atoms with Gasteiger partial charge in [-0.25, -0.2) is 4.39 Å². The molecule has 1 saturated carbocycles. The van der Waals surface area contributed by atoms with E-state index in [4.69, 9.17) is 5.73 Å². The zero-order chi connectivity index (χ0) is 12.4. The number of rotatable bonds is 4. The van der Waals surface area contributed by atoms with Crippen molar-refractivity contribution in [2.75, 3.05) is 0 Å². The SMILES string of the molecule is CC1CC(NCc2ccc(C(N)=O)cc2F)C1. The van der Waals surface area contributed by atoms with Crippen LogP contribution in [0.25, 0.3) is 0 Å². The Morgan fingerprint density at radius 1 is 1.53 bits per heavy atom. The Labute approximate surface area is 100 Å². The van der Waals surface area contributed by atoms with Gasteiger partial charge in [-0.1, -0.05) is 13.0 Å². The van der Waals surface area contributed by atoms with Crippen LogP contribution in [0, 0.1) is 11.7 Å². The summed E-state index contributed by atoms with van der Waals surface area (Å²) in [6.07, 6.45) is 2.31. The fraction of sp³-hybridized carbons (Fsp3) is 0.462. The van der Waals surface area contributed by atoms with E-state index in [9.17, 15) is 9.18 Å². The molecule has 0 bridgehead atoms. The third kappa shape index (κ3) is 2.82. The largest absolute Gasteiger partial charge is 0.366 e. The molecule has 1 aromatic rings. The predicted octanol–water partition coefficient (Wildman–Crippen LogP) is 1.81. The third-order valence-corrected chi connectivity index (χ3v) is 3.29. The molecule has 0 aromatic heterocycles. The van der Waals surface area contributed by atoms with Crippen LogP contribution in [-0.4, -0.2) is 11.9 Å². The Morgan fingerprint density at radius 3 is 2.76 bits per heavy atom. The van der Waals surface area contributed by atoms with Gasteiger partial charge in [0.15, 0.2) is 0 Å². The first kappa shape index (κ1) is 12.0. The maximum absolute atomic E-state index is 13.6. The lowest BCUT2D eigenvalue weighted by atomic mass is 9.82. The number of benzene rings is 1. The second kappa shape index (κ2) is 4.84. The van der Waals surface area contributed by atoms with Crippen LogP contribution in [0.4, 0.5) is 4.39 Å². The average molecular weight is 236 g/mol. The van der Waals surface area contributed by atoms with Gasteiger partial charge < -0.3 is 11.1 Å². The van der Waals surface area contributed by atoms with E-state index in [1.165, 1.54) is 6.07 Å². The second-order valence-electron chi connectivity index (χ2n) is 4.82. The highest BCUT2D eigenvalue weighted by Crippen LogP contribution is 2.26. The summed E-state index contributed by atoms with van der Waals surface area (Å²) < 4.78 is 13.6. The van der Waals surface area contributed by atoms with E-state index in [1.54, 1.807) is 12.1 Å². The molecule has 1 fully saturated rings. The summed E-state index contributed by atoms with van der Waals surface area (Å²) in [5.74, 6) is -0.202. The van der Waals surface area contributed by atoms with Crippen LogP contribution in [0.15, 0.2) is 18.2 Å². The summed E-state index contributed by atoms with van der Waals surface area (Å²) in [5.41, 5.74) is 5.87. The Kier molecular flexibility index (Phi) is 3.43. The van der Waals surface area contributed by atoms with Gasteiger partial charge in [-0.2, -0.15) is 0 Å². The fourth-order valence-electron chi connectivity index (χ4n) is 2.17. The minimum Gasteiger partial charge on any atom is -0.366 e. The molecule has 1 amide bonds. The van der Waals surface area contributed by atoms with E-state index in [2.05, 4.69) is 12.2 Å². The normalized spacial score (nSPS) is 23.2. The third-order valence-electron chi connectivity index (χ3n) is 3.29. The van der Waals surface area contributed by atoms with Gasteiger partial charge in [-0.3, -0.25) is 4.79 Å². The van der Waals surface area contributed by atoms with Gasteiger partial charge in [-0.15, -0.1) is 0 Å². The Bertz CT molecular complexity index is 427. The van der Waals surface area contributed by atoms with Crippen LogP contribution < -0.4 is 11.1 Å². The maximum Gasteiger partial charge on any atom is 0.248 e. The van der Waals surface area contributed by atoms with Gasteiger partial charge in [0.2, 0.25) is 5.91 Å². The van der Waals surface area contributed by atoms with E-state index in [-0.39, 0.29) is 11.4 Å². The first-order chi connectivity index (χ1) is 8.06. The smallest absolute Gasteiger partial charge is 0.248 e. The molecule has 3 nitrogen and oxygen atoms in total. The van der Waals surface area contributed by atoms with Gasteiger partial charge in [-0.05, 0) is 30.9 Å². The van der Waals surface area contributed by atoms with Gasteiger partial charge in [0.1, 0.15) is 5.82 Å². The van der Waals surface area contributed by atoms with E-state index in [0.29, 0.717) is 18.2 Å². The first-order valence-corrected chi connectivity index (χ1v) is 5.88. The van der Waals surface area contributed by atoms with Gasteiger partial charge >= 0.3 is 0 Å². The molecule has 17 heavy (non-hydrogen) atoms. The van der Waals surface area contributed by atoms with Crippen molar-refractivity contribution >= 4 is 5.91 Å². The van der Waals surface area contributed by atoms with Crippen molar-refractivity contribution in [2.45, 2.75) is 32.4 Å². The summed E-state index contributed by atoms with van der Waals surface area (Å²) in [4.78, 5) is 10.9. The van der Waals surface area contributed by atoms with Crippen LogP contribution in [0.2, 0.25) is 0 Å². The van der Waals surface area contributed by atoms with Crippen molar-refractivity contribution < 1.29 is 9.18 Å². The molecule has 0 radical (unpaired) electrons. The molecule has 1 aliphatic rings. The molecule has 4 heteroatoms.